The van der Waals surface area contributed by atoms with Gasteiger partial charge in [-0.2, -0.15) is 5.26 Å². The van der Waals surface area contributed by atoms with Crippen LogP contribution in [-0.2, 0) is 6.42 Å². The lowest BCUT2D eigenvalue weighted by molar-refractivity contribution is 0.460. The predicted octanol–water partition coefficient (Wildman–Crippen LogP) is 3.93. The molecule has 21 heavy (non-hydrogen) atoms. The third-order valence-electron chi connectivity index (χ3n) is 3.42. The van der Waals surface area contributed by atoms with Gasteiger partial charge in [0.1, 0.15) is 17.6 Å². The molecule has 0 fully saturated rings. The van der Waals surface area contributed by atoms with Crippen molar-refractivity contribution >= 4 is 5.76 Å². The third kappa shape index (κ3) is 3.09. The number of phenols is 1. The number of rotatable bonds is 5. The lowest BCUT2D eigenvalue weighted by Gasteiger charge is -2.07. The predicted molar refractivity (Wildman–Crippen MR) is 82.4 cm³/mol. The van der Waals surface area contributed by atoms with E-state index >= 15 is 0 Å². The Hall–Kier alpha value is -2.67. The minimum absolute atomic E-state index is 0.0395. The smallest absolute Gasteiger partial charge is 0.128 e. The monoisotopic (exact) mass is 282 g/mol. The number of hydrogen-bond donors (Lipinski definition) is 2. The summed E-state index contributed by atoms with van der Waals surface area (Å²) in [6.07, 6.45) is 6.64. The van der Waals surface area contributed by atoms with E-state index in [1.54, 1.807) is 24.4 Å². The Bertz CT molecular complexity index is 708. The first-order valence-corrected chi connectivity index (χ1v) is 6.89. The first-order valence-electron chi connectivity index (χ1n) is 6.89. The van der Waals surface area contributed by atoms with Gasteiger partial charge in [-0.15, -0.1) is 0 Å². The SMILES string of the molecule is C=C(O)c1ccc(-n2cc(C#N)c(CCCC)c2)cc1O. The summed E-state index contributed by atoms with van der Waals surface area (Å²) in [4.78, 5) is 0. The van der Waals surface area contributed by atoms with Crippen LogP contribution in [-0.4, -0.2) is 14.8 Å². The van der Waals surface area contributed by atoms with Gasteiger partial charge in [0.25, 0.3) is 0 Å². The molecule has 0 atom stereocenters. The zero-order valence-electron chi connectivity index (χ0n) is 12.0. The molecule has 4 nitrogen and oxygen atoms in total. The normalized spacial score (nSPS) is 10.3. The van der Waals surface area contributed by atoms with Gasteiger partial charge in [0.05, 0.1) is 11.1 Å². The molecule has 0 aliphatic heterocycles. The van der Waals surface area contributed by atoms with Gasteiger partial charge in [-0.1, -0.05) is 19.9 Å². The summed E-state index contributed by atoms with van der Waals surface area (Å²) in [7, 11) is 0. The van der Waals surface area contributed by atoms with E-state index in [1.165, 1.54) is 0 Å². The lowest BCUT2D eigenvalue weighted by atomic mass is 10.1. The van der Waals surface area contributed by atoms with Gasteiger partial charge in [-0.25, -0.2) is 0 Å². The van der Waals surface area contributed by atoms with E-state index in [-0.39, 0.29) is 11.5 Å². The largest absolute Gasteiger partial charge is 0.508 e. The van der Waals surface area contributed by atoms with Gasteiger partial charge in [0, 0.05) is 24.1 Å². The van der Waals surface area contributed by atoms with E-state index in [1.807, 2.05) is 10.8 Å². The Morgan fingerprint density at radius 2 is 2.14 bits per heavy atom. The Balaban J connectivity index is 2.38. The summed E-state index contributed by atoms with van der Waals surface area (Å²) in [6.45, 7) is 5.51. The molecule has 4 heteroatoms. The average molecular weight is 282 g/mol. The summed E-state index contributed by atoms with van der Waals surface area (Å²) in [5, 5.41) is 28.4. The third-order valence-corrected chi connectivity index (χ3v) is 3.42. The fourth-order valence-electron chi connectivity index (χ4n) is 2.24. The molecule has 2 aromatic rings. The molecular weight excluding hydrogens is 264 g/mol. The number of aromatic nitrogens is 1. The average Bonchev–Trinajstić information content (AvgIpc) is 2.87. The number of aryl methyl sites for hydroxylation is 1. The van der Waals surface area contributed by atoms with E-state index in [9.17, 15) is 15.5 Å². The molecule has 1 heterocycles. The minimum atomic E-state index is -0.173. The molecule has 1 aromatic heterocycles. The summed E-state index contributed by atoms with van der Waals surface area (Å²) < 4.78 is 1.81. The van der Waals surface area contributed by atoms with Crippen molar-refractivity contribution in [2.75, 3.05) is 0 Å². The van der Waals surface area contributed by atoms with Crippen LogP contribution in [0.1, 0.15) is 36.5 Å². The molecule has 0 saturated carbocycles. The highest BCUT2D eigenvalue weighted by atomic mass is 16.3. The topological polar surface area (TPSA) is 69.2 Å². The van der Waals surface area contributed by atoms with Crippen LogP contribution in [0.15, 0.2) is 37.2 Å². The van der Waals surface area contributed by atoms with Crippen LogP contribution in [0.4, 0.5) is 0 Å². The molecule has 1 aromatic carbocycles. The van der Waals surface area contributed by atoms with Crippen LogP contribution >= 0.6 is 0 Å². The zero-order valence-corrected chi connectivity index (χ0v) is 12.0. The van der Waals surface area contributed by atoms with E-state index in [4.69, 9.17) is 0 Å². The molecule has 108 valence electrons. The summed E-state index contributed by atoms with van der Waals surface area (Å²) in [6, 6.07) is 7.11. The number of aliphatic hydroxyl groups is 1. The van der Waals surface area contributed by atoms with Crippen LogP contribution in [0.2, 0.25) is 0 Å². The van der Waals surface area contributed by atoms with Crippen LogP contribution in [0.5, 0.6) is 5.75 Å². The van der Waals surface area contributed by atoms with Gasteiger partial charge < -0.3 is 14.8 Å². The Labute approximate surface area is 124 Å². The standard InChI is InChI=1S/C17H18N2O2/c1-3-4-5-13-10-19(11-14(13)9-18)15-6-7-16(12(2)20)17(21)8-15/h6-8,10-11,20-21H,2-5H2,1H3. The zero-order chi connectivity index (χ0) is 15.4. The number of nitrogens with zero attached hydrogens (tertiary/aromatic N) is 2. The van der Waals surface area contributed by atoms with Crippen molar-refractivity contribution in [3.63, 3.8) is 0 Å². The van der Waals surface area contributed by atoms with Crippen molar-refractivity contribution in [3.05, 3.63) is 53.9 Å². The first-order chi connectivity index (χ1) is 10.1. The summed E-state index contributed by atoms with van der Waals surface area (Å²) >= 11 is 0. The molecular formula is C17H18N2O2. The molecule has 0 aliphatic carbocycles. The van der Waals surface area contributed by atoms with Crippen molar-refractivity contribution in [1.29, 1.82) is 5.26 Å². The first kappa shape index (κ1) is 14.7. The second kappa shape index (κ2) is 6.19. The maximum absolute atomic E-state index is 9.90. The van der Waals surface area contributed by atoms with E-state index < -0.39 is 0 Å². The lowest BCUT2D eigenvalue weighted by Crippen LogP contribution is -1.92. The molecule has 2 N–H and O–H groups in total. The van der Waals surface area contributed by atoms with E-state index in [0.29, 0.717) is 11.1 Å². The highest BCUT2D eigenvalue weighted by Gasteiger charge is 2.10. The molecule has 0 aliphatic rings. The summed E-state index contributed by atoms with van der Waals surface area (Å²) in [5.41, 5.74) is 2.70. The maximum atomic E-state index is 9.90. The fraction of sp³-hybridized carbons (Fsp3) is 0.235. The van der Waals surface area contributed by atoms with Crippen molar-refractivity contribution < 1.29 is 10.2 Å². The van der Waals surface area contributed by atoms with E-state index in [0.717, 1.165) is 30.5 Å². The minimum Gasteiger partial charge on any atom is -0.508 e. The van der Waals surface area contributed by atoms with E-state index in [2.05, 4.69) is 19.6 Å². The molecule has 0 bridgehead atoms. The number of benzene rings is 1. The Morgan fingerprint density at radius 3 is 2.71 bits per heavy atom. The van der Waals surface area contributed by atoms with Crippen molar-refractivity contribution in [2.24, 2.45) is 0 Å². The molecule has 0 spiro atoms. The molecule has 2 rings (SSSR count). The highest BCUT2D eigenvalue weighted by molar-refractivity contribution is 5.64. The van der Waals surface area contributed by atoms with Gasteiger partial charge in [-0.05, 0) is 30.5 Å². The maximum Gasteiger partial charge on any atom is 0.128 e. The number of nitriles is 1. The van der Waals surface area contributed by atoms with Crippen molar-refractivity contribution in [1.82, 2.24) is 4.57 Å². The van der Waals surface area contributed by atoms with Crippen LogP contribution in [0, 0.1) is 11.3 Å². The van der Waals surface area contributed by atoms with Gasteiger partial charge in [0.2, 0.25) is 0 Å². The Kier molecular flexibility index (Phi) is 4.34. The number of unbranched alkanes of at least 4 members (excludes halogenated alkanes) is 1. The quantitative estimate of drug-likeness (QED) is 0.816. The fourth-order valence-corrected chi connectivity index (χ4v) is 2.24. The number of aromatic hydroxyl groups is 1. The number of phenolic OH excluding ortho intramolecular Hbond substituents is 1. The van der Waals surface area contributed by atoms with Crippen molar-refractivity contribution in [3.8, 4) is 17.5 Å². The number of aliphatic hydroxyl groups excluding tert-OH is 1. The van der Waals surface area contributed by atoms with Crippen LogP contribution in [0.25, 0.3) is 11.4 Å². The second-order valence-electron chi connectivity index (χ2n) is 4.97. The molecule has 0 radical (unpaired) electrons. The second-order valence-corrected chi connectivity index (χ2v) is 4.97. The van der Waals surface area contributed by atoms with Gasteiger partial charge in [-0.3, -0.25) is 0 Å². The summed E-state index contributed by atoms with van der Waals surface area (Å²) in [5.74, 6) is -0.213. The molecule has 0 unspecified atom stereocenters. The van der Waals surface area contributed by atoms with Crippen LogP contribution < -0.4 is 0 Å². The highest BCUT2D eigenvalue weighted by Crippen LogP contribution is 2.26. The van der Waals surface area contributed by atoms with Gasteiger partial charge in [0.15, 0.2) is 0 Å². The van der Waals surface area contributed by atoms with Crippen molar-refractivity contribution in [2.45, 2.75) is 26.2 Å². The Morgan fingerprint density at radius 1 is 1.38 bits per heavy atom. The molecule has 0 saturated heterocycles. The molecule has 0 amide bonds. The van der Waals surface area contributed by atoms with Gasteiger partial charge >= 0.3 is 0 Å². The van der Waals surface area contributed by atoms with Crippen LogP contribution in [0.3, 0.4) is 0 Å². The number of hydrogen-bond acceptors (Lipinski definition) is 3.